The zero-order valence-corrected chi connectivity index (χ0v) is 19.3. The smallest absolute Gasteiger partial charge is 0.303 e. The number of carboxylic acids is 1. The van der Waals surface area contributed by atoms with Gasteiger partial charge in [-0.25, -0.2) is 0 Å². The average Bonchev–Trinajstić information content (AvgIpc) is 3.03. The van der Waals surface area contributed by atoms with Crippen LogP contribution in [-0.2, 0) is 20.7 Å². The second kappa shape index (κ2) is 10.7. The van der Waals surface area contributed by atoms with E-state index >= 15 is 0 Å². The highest BCUT2D eigenvalue weighted by atomic mass is 16.5. The molecular weight excluding hydrogens is 444 g/mol. The Morgan fingerprint density at radius 3 is 2.69 bits per heavy atom. The standard InChI is InChI=1S/C28H26N2O5/c1-18-6-4-11-25-20(14-18)16-21(17-35-25)27(33)30-24-10-3-2-9-23(24)28(34)29-22-8-5-7-19(15-22)12-13-26(31)32/h2-11,15-16H,12-14,17H2,1H3,(H,29,34)(H,30,33)(H,31,32). The molecule has 1 aliphatic heterocycles. The fourth-order valence-corrected chi connectivity index (χ4v) is 3.90. The Morgan fingerprint density at radius 2 is 1.86 bits per heavy atom. The van der Waals surface area contributed by atoms with Crippen LogP contribution in [0.15, 0.2) is 95.3 Å². The number of aliphatic carboxylic acids is 1. The third-order valence-electron chi connectivity index (χ3n) is 5.67. The van der Waals surface area contributed by atoms with Crippen molar-refractivity contribution in [1.82, 2.24) is 0 Å². The van der Waals surface area contributed by atoms with Crippen LogP contribution in [0.25, 0.3) is 0 Å². The van der Waals surface area contributed by atoms with Crippen LogP contribution in [0.2, 0.25) is 0 Å². The van der Waals surface area contributed by atoms with Crippen LogP contribution < -0.4 is 10.6 Å². The molecule has 178 valence electrons. The van der Waals surface area contributed by atoms with Crippen LogP contribution in [0.4, 0.5) is 11.4 Å². The zero-order valence-electron chi connectivity index (χ0n) is 19.3. The average molecular weight is 471 g/mol. The minimum absolute atomic E-state index is 0.0103. The van der Waals surface area contributed by atoms with Crippen molar-refractivity contribution in [3.05, 3.63) is 106 Å². The first-order valence-corrected chi connectivity index (χ1v) is 11.3. The molecule has 0 atom stereocenters. The Kier molecular flexibility index (Phi) is 7.26. The largest absolute Gasteiger partial charge is 0.488 e. The maximum Gasteiger partial charge on any atom is 0.303 e. The second-order valence-corrected chi connectivity index (χ2v) is 8.44. The van der Waals surface area contributed by atoms with Gasteiger partial charge < -0.3 is 20.5 Å². The van der Waals surface area contributed by atoms with Gasteiger partial charge in [-0.2, -0.15) is 0 Å². The number of hydrogen-bond donors (Lipinski definition) is 3. The van der Waals surface area contributed by atoms with Gasteiger partial charge >= 0.3 is 5.97 Å². The number of hydrogen-bond acceptors (Lipinski definition) is 4. The highest BCUT2D eigenvalue weighted by Gasteiger charge is 2.21. The number of carboxylic acid groups (broad SMARTS) is 1. The molecule has 1 aliphatic carbocycles. The topological polar surface area (TPSA) is 105 Å². The molecule has 2 aromatic carbocycles. The summed E-state index contributed by atoms with van der Waals surface area (Å²) in [7, 11) is 0. The lowest BCUT2D eigenvalue weighted by Gasteiger charge is -2.19. The van der Waals surface area contributed by atoms with Crippen LogP contribution in [0.1, 0.15) is 35.7 Å². The molecule has 0 radical (unpaired) electrons. The molecule has 7 heteroatoms. The molecule has 1 heterocycles. The summed E-state index contributed by atoms with van der Waals surface area (Å²) in [6, 6.07) is 13.8. The summed E-state index contributed by atoms with van der Waals surface area (Å²) in [4.78, 5) is 36.9. The van der Waals surface area contributed by atoms with E-state index in [0.29, 0.717) is 35.4 Å². The number of para-hydroxylation sites is 1. The molecule has 7 nitrogen and oxygen atoms in total. The molecular formula is C28H26N2O5. The highest BCUT2D eigenvalue weighted by molar-refractivity contribution is 6.12. The number of allylic oxidation sites excluding steroid dienone is 6. The molecule has 3 N–H and O–H groups in total. The summed E-state index contributed by atoms with van der Waals surface area (Å²) >= 11 is 0. The van der Waals surface area contributed by atoms with Crippen molar-refractivity contribution in [3.8, 4) is 0 Å². The number of amides is 2. The lowest BCUT2D eigenvalue weighted by molar-refractivity contribution is -0.137. The molecule has 0 saturated carbocycles. The van der Waals surface area contributed by atoms with Crippen molar-refractivity contribution in [2.45, 2.75) is 26.2 Å². The second-order valence-electron chi connectivity index (χ2n) is 8.44. The first-order valence-electron chi connectivity index (χ1n) is 11.3. The number of carbonyl (C=O) groups excluding carboxylic acids is 2. The van der Waals surface area contributed by atoms with Crippen molar-refractivity contribution in [1.29, 1.82) is 0 Å². The fourth-order valence-electron chi connectivity index (χ4n) is 3.90. The van der Waals surface area contributed by atoms with E-state index in [-0.39, 0.29) is 24.8 Å². The first kappa shape index (κ1) is 23.8. The number of ether oxygens (including phenoxy) is 1. The van der Waals surface area contributed by atoms with Gasteiger partial charge in [-0.1, -0.05) is 42.0 Å². The van der Waals surface area contributed by atoms with Gasteiger partial charge in [-0.3, -0.25) is 14.4 Å². The van der Waals surface area contributed by atoms with E-state index < -0.39 is 5.97 Å². The molecule has 2 aromatic rings. The van der Waals surface area contributed by atoms with Gasteiger partial charge in [0.25, 0.3) is 11.8 Å². The van der Waals surface area contributed by atoms with E-state index in [1.807, 2.05) is 37.3 Å². The molecule has 0 unspecified atom stereocenters. The summed E-state index contributed by atoms with van der Waals surface area (Å²) < 4.78 is 5.80. The molecule has 0 fully saturated rings. The van der Waals surface area contributed by atoms with Gasteiger partial charge in [0.15, 0.2) is 0 Å². The van der Waals surface area contributed by atoms with E-state index in [9.17, 15) is 14.4 Å². The number of anilines is 2. The molecule has 0 spiro atoms. The van der Waals surface area contributed by atoms with E-state index in [2.05, 4.69) is 10.6 Å². The van der Waals surface area contributed by atoms with Crippen molar-refractivity contribution in [2.24, 2.45) is 0 Å². The van der Waals surface area contributed by atoms with Crippen LogP contribution in [-0.4, -0.2) is 29.5 Å². The van der Waals surface area contributed by atoms with Gasteiger partial charge in [0.2, 0.25) is 0 Å². The maximum absolute atomic E-state index is 13.0. The minimum atomic E-state index is -0.878. The van der Waals surface area contributed by atoms with Crippen LogP contribution in [0, 0.1) is 0 Å². The minimum Gasteiger partial charge on any atom is -0.488 e. The summed E-state index contributed by atoms with van der Waals surface area (Å²) in [5.41, 5.74) is 4.64. The Morgan fingerprint density at radius 1 is 1.03 bits per heavy atom. The predicted molar refractivity (Wildman–Crippen MR) is 134 cm³/mol. The molecule has 0 bridgehead atoms. The highest BCUT2D eigenvalue weighted by Crippen LogP contribution is 2.28. The third-order valence-corrected chi connectivity index (χ3v) is 5.67. The van der Waals surface area contributed by atoms with E-state index in [1.165, 1.54) is 5.57 Å². The van der Waals surface area contributed by atoms with Gasteiger partial charge in [-0.05, 0) is 67.3 Å². The maximum atomic E-state index is 13.0. The Balaban J connectivity index is 1.48. The van der Waals surface area contributed by atoms with Gasteiger partial charge in [0.05, 0.1) is 16.8 Å². The lowest BCUT2D eigenvalue weighted by Crippen LogP contribution is -2.23. The van der Waals surface area contributed by atoms with E-state index in [4.69, 9.17) is 9.84 Å². The van der Waals surface area contributed by atoms with Crippen LogP contribution in [0.5, 0.6) is 0 Å². The molecule has 2 amide bonds. The van der Waals surface area contributed by atoms with Crippen molar-refractivity contribution in [3.63, 3.8) is 0 Å². The number of aryl methyl sites for hydroxylation is 1. The van der Waals surface area contributed by atoms with Crippen LogP contribution >= 0.6 is 0 Å². The van der Waals surface area contributed by atoms with Crippen molar-refractivity contribution >= 4 is 29.2 Å². The Bertz CT molecular complexity index is 1300. The monoisotopic (exact) mass is 470 g/mol. The summed E-state index contributed by atoms with van der Waals surface area (Å²) in [5.74, 6) is -0.829. The SMILES string of the molecule is CC1=CC=CC2=C(C=C(C(=O)Nc3ccccc3C(=O)Nc3cccc(CCC(=O)O)c3)CO2)C1. The molecule has 4 rings (SSSR count). The quantitative estimate of drug-likeness (QED) is 0.528. The van der Waals surface area contributed by atoms with E-state index in [0.717, 1.165) is 16.9 Å². The fraction of sp³-hybridized carbons (Fsp3) is 0.179. The van der Waals surface area contributed by atoms with Crippen molar-refractivity contribution < 1.29 is 24.2 Å². The number of rotatable bonds is 7. The predicted octanol–water partition coefficient (Wildman–Crippen LogP) is 5.01. The van der Waals surface area contributed by atoms with Gasteiger partial charge in [0.1, 0.15) is 12.4 Å². The Labute approximate surface area is 203 Å². The molecule has 0 saturated heterocycles. The zero-order chi connectivity index (χ0) is 24.8. The van der Waals surface area contributed by atoms with E-state index in [1.54, 1.807) is 42.5 Å². The molecule has 35 heavy (non-hydrogen) atoms. The first-order chi connectivity index (χ1) is 16.9. The van der Waals surface area contributed by atoms with Crippen LogP contribution in [0.3, 0.4) is 0 Å². The summed E-state index contributed by atoms with van der Waals surface area (Å²) in [6.45, 7) is 2.17. The summed E-state index contributed by atoms with van der Waals surface area (Å²) in [6.07, 6.45) is 8.78. The van der Waals surface area contributed by atoms with Crippen molar-refractivity contribution in [2.75, 3.05) is 17.2 Å². The van der Waals surface area contributed by atoms with Gasteiger partial charge in [-0.15, -0.1) is 0 Å². The normalized spacial score (nSPS) is 14.7. The lowest BCUT2D eigenvalue weighted by atomic mass is 10.0. The Hall–Kier alpha value is -4.39. The molecule has 2 aliphatic rings. The third kappa shape index (κ3) is 6.14. The number of carbonyl (C=O) groups is 3. The summed E-state index contributed by atoms with van der Waals surface area (Å²) in [5, 5.41) is 14.6. The van der Waals surface area contributed by atoms with Gasteiger partial charge in [0, 0.05) is 12.1 Å². The number of nitrogens with one attached hydrogen (secondary N) is 2. The molecule has 0 aromatic heterocycles. The number of benzene rings is 2.